The Morgan fingerprint density at radius 1 is 0.897 bits per heavy atom. The van der Waals surface area contributed by atoms with E-state index in [1.165, 1.54) is 39.4 Å². The lowest BCUT2D eigenvalue weighted by Gasteiger charge is -2.37. The van der Waals surface area contributed by atoms with Gasteiger partial charge in [-0.1, -0.05) is 59.3 Å². The first-order valence-corrected chi connectivity index (χ1v) is 13.7. The van der Waals surface area contributed by atoms with Gasteiger partial charge in [0.25, 0.3) is 0 Å². The van der Waals surface area contributed by atoms with Gasteiger partial charge in [-0.2, -0.15) is 0 Å². The standard InChI is InChI=1S/C22H40O6Si/c1-6-9-14-29(15-10-7-2,16-11-8-3)26-17-21-22(28-19(5)24)20(12-13-25-21)27-18(4)23/h12-13,20-22H,6-11,14-17H2,1-5H3/t20-,21-,22+/m1/s1. The molecule has 0 aromatic heterocycles. The first kappa shape index (κ1) is 25.7. The van der Waals surface area contributed by atoms with E-state index < -0.39 is 38.6 Å². The highest BCUT2D eigenvalue weighted by Crippen LogP contribution is 2.31. The van der Waals surface area contributed by atoms with Gasteiger partial charge in [0.1, 0.15) is 0 Å². The summed E-state index contributed by atoms with van der Waals surface area (Å²) in [6, 6.07) is 3.45. The van der Waals surface area contributed by atoms with E-state index in [1.54, 1.807) is 6.08 Å². The van der Waals surface area contributed by atoms with Crippen LogP contribution in [0, 0.1) is 0 Å². The average molecular weight is 429 g/mol. The first-order chi connectivity index (χ1) is 13.9. The number of hydrogen-bond donors (Lipinski definition) is 0. The highest BCUT2D eigenvalue weighted by atomic mass is 28.4. The number of carbonyl (C=O) groups is 2. The molecule has 0 N–H and O–H groups in total. The zero-order chi connectivity index (χ0) is 21.7. The van der Waals surface area contributed by atoms with Crippen LogP contribution in [-0.4, -0.2) is 45.2 Å². The summed E-state index contributed by atoms with van der Waals surface area (Å²) >= 11 is 0. The van der Waals surface area contributed by atoms with Crippen LogP contribution in [0.1, 0.15) is 73.1 Å². The smallest absolute Gasteiger partial charge is 0.303 e. The molecule has 29 heavy (non-hydrogen) atoms. The normalized spacial score (nSPS) is 21.5. The highest BCUT2D eigenvalue weighted by Gasteiger charge is 2.40. The molecular formula is C22H40O6Si. The Bertz CT molecular complexity index is 500. The number of hydrogen-bond acceptors (Lipinski definition) is 6. The van der Waals surface area contributed by atoms with Crippen molar-refractivity contribution in [3.05, 3.63) is 12.3 Å². The van der Waals surface area contributed by atoms with Gasteiger partial charge < -0.3 is 18.6 Å². The van der Waals surface area contributed by atoms with Crippen molar-refractivity contribution in [2.45, 2.75) is 110 Å². The summed E-state index contributed by atoms with van der Waals surface area (Å²) in [4.78, 5) is 23.1. The van der Waals surface area contributed by atoms with Gasteiger partial charge in [-0.3, -0.25) is 9.59 Å². The molecule has 1 aliphatic rings. The van der Waals surface area contributed by atoms with Crippen LogP contribution in [0.4, 0.5) is 0 Å². The Morgan fingerprint density at radius 2 is 1.41 bits per heavy atom. The molecule has 168 valence electrons. The van der Waals surface area contributed by atoms with Crippen LogP contribution in [0.5, 0.6) is 0 Å². The van der Waals surface area contributed by atoms with Gasteiger partial charge in [0.05, 0.1) is 12.9 Å². The Morgan fingerprint density at radius 3 is 1.86 bits per heavy atom. The van der Waals surface area contributed by atoms with Crippen molar-refractivity contribution >= 4 is 20.3 Å². The third-order valence-electron chi connectivity index (χ3n) is 5.33. The second kappa shape index (κ2) is 13.8. The van der Waals surface area contributed by atoms with E-state index in [1.807, 2.05) is 0 Å². The molecule has 3 atom stereocenters. The third kappa shape index (κ3) is 9.34. The van der Waals surface area contributed by atoms with Crippen molar-refractivity contribution in [1.82, 2.24) is 0 Å². The van der Waals surface area contributed by atoms with Gasteiger partial charge in [0, 0.05) is 13.8 Å². The lowest BCUT2D eigenvalue weighted by atomic mass is 10.1. The topological polar surface area (TPSA) is 71.1 Å². The van der Waals surface area contributed by atoms with Crippen molar-refractivity contribution < 1.29 is 28.2 Å². The third-order valence-corrected chi connectivity index (χ3v) is 9.90. The number of unbranched alkanes of at least 4 members (excludes halogenated alkanes) is 3. The molecular weight excluding hydrogens is 388 g/mol. The van der Waals surface area contributed by atoms with Crippen LogP contribution < -0.4 is 0 Å². The number of carbonyl (C=O) groups excluding carboxylic acids is 2. The molecule has 0 aliphatic carbocycles. The molecule has 0 bridgehead atoms. The van der Waals surface area contributed by atoms with Crippen molar-refractivity contribution in [2.24, 2.45) is 0 Å². The van der Waals surface area contributed by atoms with E-state index >= 15 is 0 Å². The van der Waals surface area contributed by atoms with Gasteiger partial charge in [-0.05, 0) is 24.2 Å². The minimum Gasteiger partial charge on any atom is -0.492 e. The zero-order valence-corrected chi connectivity index (χ0v) is 19.9. The monoisotopic (exact) mass is 428 g/mol. The summed E-state index contributed by atoms with van der Waals surface area (Å²) < 4.78 is 23.3. The van der Waals surface area contributed by atoms with Crippen molar-refractivity contribution in [3.63, 3.8) is 0 Å². The molecule has 0 saturated carbocycles. The maximum Gasteiger partial charge on any atom is 0.303 e. The molecule has 0 radical (unpaired) electrons. The number of esters is 2. The molecule has 0 aromatic rings. The predicted molar refractivity (Wildman–Crippen MR) is 116 cm³/mol. The SMILES string of the molecule is CCCC[Si](CCCC)(CCCC)OC[C@H]1OC=C[C@@H](OC(C)=O)[C@@H]1OC(C)=O. The summed E-state index contributed by atoms with van der Waals surface area (Å²) in [7, 11) is -1.92. The van der Waals surface area contributed by atoms with E-state index in [2.05, 4.69) is 20.8 Å². The summed E-state index contributed by atoms with van der Waals surface area (Å²) in [5.41, 5.74) is 0. The van der Waals surface area contributed by atoms with Gasteiger partial charge in [0.2, 0.25) is 0 Å². The highest BCUT2D eigenvalue weighted by molar-refractivity contribution is 6.73. The fourth-order valence-corrected chi connectivity index (χ4v) is 8.43. The average Bonchev–Trinajstić information content (AvgIpc) is 2.68. The molecule has 0 spiro atoms. The van der Waals surface area contributed by atoms with Crippen LogP contribution in [-0.2, 0) is 28.2 Å². The summed E-state index contributed by atoms with van der Waals surface area (Å²) in [5.74, 6) is -0.849. The van der Waals surface area contributed by atoms with Crippen LogP contribution in [0.2, 0.25) is 18.1 Å². The Hall–Kier alpha value is -1.34. The fraction of sp³-hybridized carbons (Fsp3) is 0.818. The molecule has 1 rings (SSSR count). The Labute approximate surface area is 177 Å². The molecule has 0 saturated heterocycles. The molecule has 0 aromatic carbocycles. The molecule has 1 aliphatic heterocycles. The predicted octanol–water partition coefficient (Wildman–Crippen LogP) is 5.12. The maximum atomic E-state index is 11.6. The maximum absolute atomic E-state index is 11.6. The Kier molecular flexibility index (Phi) is 12.2. The van der Waals surface area contributed by atoms with Crippen LogP contribution in [0.25, 0.3) is 0 Å². The van der Waals surface area contributed by atoms with Crippen LogP contribution in [0.3, 0.4) is 0 Å². The van der Waals surface area contributed by atoms with Gasteiger partial charge in [0.15, 0.2) is 26.6 Å². The van der Waals surface area contributed by atoms with E-state index in [-0.39, 0.29) is 0 Å². The van der Waals surface area contributed by atoms with Gasteiger partial charge in [-0.25, -0.2) is 0 Å². The summed E-state index contributed by atoms with van der Waals surface area (Å²) in [6.07, 6.45) is 8.29. The lowest BCUT2D eigenvalue weighted by molar-refractivity contribution is -0.175. The summed E-state index contributed by atoms with van der Waals surface area (Å²) in [5, 5.41) is 0. The molecule has 1 heterocycles. The van der Waals surface area contributed by atoms with Crippen molar-refractivity contribution in [1.29, 1.82) is 0 Å². The fourth-order valence-electron chi connectivity index (χ4n) is 3.74. The first-order valence-electron chi connectivity index (χ1n) is 11.2. The van der Waals surface area contributed by atoms with Crippen molar-refractivity contribution in [2.75, 3.05) is 6.61 Å². The van der Waals surface area contributed by atoms with Crippen molar-refractivity contribution in [3.8, 4) is 0 Å². The van der Waals surface area contributed by atoms with Gasteiger partial charge in [-0.15, -0.1) is 0 Å². The zero-order valence-electron chi connectivity index (χ0n) is 18.9. The minimum absolute atomic E-state index is 0.351. The molecule has 0 fully saturated rings. The number of ether oxygens (including phenoxy) is 3. The van der Waals surface area contributed by atoms with E-state index in [9.17, 15) is 9.59 Å². The molecule has 0 amide bonds. The number of rotatable bonds is 14. The van der Waals surface area contributed by atoms with E-state index in [0.717, 1.165) is 37.4 Å². The summed E-state index contributed by atoms with van der Waals surface area (Å²) in [6.45, 7) is 9.70. The molecule has 0 unspecified atom stereocenters. The quantitative estimate of drug-likeness (QED) is 0.282. The van der Waals surface area contributed by atoms with Crippen LogP contribution in [0.15, 0.2) is 12.3 Å². The van der Waals surface area contributed by atoms with E-state index in [0.29, 0.717) is 6.61 Å². The molecule has 6 nitrogen and oxygen atoms in total. The second-order valence-electron chi connectivity index (χ2n) is 7.96. The Balaban J connectivity index is 2.94. The van der Waals surface area contributed by atoms with Gasteiger partial charge >= 0.3 is 11.9 Å². The van der Waals surface area contributed by atoms with E-state index in [4.69, 9.17) is 18.6 Å². The van der Waals surface area contributed by atoms with Crippen LogP contribution >= 0.6 is 0 Å². The molecule has 7 heteroatoms. The largest absolute Gasteiger partial charge is 0.492 e. The second-order valence-corrected chi connectivity index (χ2v) is 12.1. The minimum atomic E-state index is -1.92. The lowest BCUT2D eigenvalue weighted by Crippen LogP contribution is -2.50.